The number of likely N-dealkylation sites (tertiary alicyclic amines) is 1. The Balaban J connectivity index is 0.000000479. The number of benzene rings is 1. The molecule has 11 heteroatoms. The molecule has 1 unspecified atom stereocenters. The van der Waals surface area contributed by atoms with Gasteiger partial charge in [0.05, 0.1) is 11.3 Å². The minimum absolute atomic E-state index is 0.113. The first-order chi connectivity index (χ1) is 15.5. The number of hydrogen-bond donors (Lipinski definition) is 3. The van der Waals surface area contributed by atoms with Crippen molar-refractivity contribution < 1.29 is 37.8 Å². The summed E-state index contributed by atoms with van der Waals surface area (Å²) in [6.07, 6.45) is 0.176. The number of carboxylic acids is 2. The molecule has 2 fully saturated rings. The topological polar surface area (TPSA) is 110 Å². The van der Waals surface area contributed by atoms with Crippen molar-refractivity contribution in [2.75, 3.05) is 42.9 Å². The van der Waals surface area contributed by atoms with Gasteiger partial charge in [0.1, 0.15) is 0 Å². The lowest BCUT2D eigenvalue weighted by molar-refractivity contribution is -0.192. The molecule has 0 spiro atoms. The first-order valence-electron chi connectivity index (χ1n) is 11.0. The van der Waals surface area contributed by atoms with Crippen LogP contribution in [0.1, 0.15) is 49.4 Å². The van der Waals surface area contributed by atoms with Crippen LogP contribution in [-0.2, 0) is 9.59 Å². The van der Waals surface area contributed by atoms with Gasteiger partial charge in [0, 0.05) is 31.7 Å². The average Bonchev–Trinajstić information content (AvgIpc) is 3.26. The minimum Gasteiger partial charge on any atom is -0.478 e. The molecule has 0 aromatic heterocycles. The van der Waals surface area contributed by atoms with Crippen LogP contribution in [0.4, 0.5) is 24.5 Å². The standard InChI is InChI=1S/C20H29N3O3.C2HF3O2/c1-2-19(24)21-16-7-8-18(17(12-16)20(25)26)23-11-5-6-15(14-23)13-22-9-3-4-10-22;3-2(4,5)1(6)7/h7-8,12,15H,2-6,9-11,13-14H2,1H3,(H,21,24)(H,25,26);(H,6,7). The second-order valence-electron chi connectivity index (χ2n) is 8.20. The van der Waals surface area contributed by atoms with Crippen LogP contribution < -0.4 is 10.2 Å². The van der Waals surface area contributed by atoms with Gasteiger partial charge in [-0.15, -0.1) is 0 Å². The lowest BCUT2D eigenvalue weighted by Gasteiger charge is -2.36. The predicted molar refractivity (Wildman–Crippen MR) is 117 cm³/mol. The van der Waals surface area contributed by atoms with Crippen LogP contribution in [0.3, 0.4) is 0 Å². The molecular formula is C22H30F3N3O5. The number of aliphatic carboxylic acids is 1. The summed E-state index contributed by atoms with van der Waals surface area (Å²) in [5.41, 5.74) is 1.57. The molecule has 1 amide bonds. The molecule has 3 N–H and O–H groups in total. The second kappa shape index (κ2) is 11.9. The molecule has 0 radical (unpaired) electrons. The Hall–Kier alpha value is -2.82. The fraction of sp³-hybridized carbons (Fsp3) is 0.591. The van der Waals surface area contributed by atoms with Gasteiger partial charge in [0.15, 0.2) is 0 Å². The zero-order chi connectivity index (χ0) is 24.6. The fourth-order valence-corrected chi connectivity index (χ4v) is 4.07. The summed E-state index contributed by atoms with van der Waals surface area (Å²) in [5, 5.41) is 19.5. The third kappa shape index (κ3) is 8.23. The zero-order valence-electron chi connectivity index (χ0n) is 18.5. The molecule has 0 bridgehead atoms. The maximum absolute atomic E-state index is 11.8. The summed E-state index contributed by atoms with van der Waals surface area (Å²) >= 11 is 0. The number of carbonyl (C=O) groups is 3. The molecule has 8 nitrogen and oxygen atoms in total. The van der Waals surface area contributed by atoms with Gasteiger partial charge in [0.2, 0.25) is 5.91 Å². The molecule has 1 aromatic carbocycles. The number of halogens is 3. The van der Waals surface area contributed by atoms with Gasteiger partial charge in [0.25, 0.3) is 0 Å². The smallest absolute Gasteiger partial charge is 0.478 e. The Morgan fingerprint density at radius 1 is 1.09 bits per heavy atom. The van der Waals surface area contributed by atoms with Crippen molar-refractivity contribution in [2.45, 2.75) is 45.2 Å². The van der Waals surface area contributed by atoms with Crippen LogP contribution in [0, 0.1) is 5.92 Å². The maximum Gasteiger partial charge on any atom is 0.490 e. The van der Waals surface area contributed by atoms with Crippen molar-refractivity contribution in [2.24, 2.45) is 5.92 Å². The number of piperidine rings is 1. The highest BCUT2D eigenvalue weighted by molar-refractivity contribution is 5.98. The van der Waals surface area contributed by atoms with Crippen LogP contribution in [0.25, 0.3) is 0 Å². The largest absolute Gasteiger partial charge is 0.490 e. The highest BCUT2D eigenvalue weighted by Gasteiger charge is 2.38. The number of hydrogen-bond acceptors (Lipinski definition) is 5. The van der Waals surface area contributed by atoms with Gasteiger partial charge in [-0.1, -0.05) is 6.92 Å². The van der Waals surface area contributed by atoms with E-state index in [0.717, 1.165) is 31.7 Å². The second-order valence-corrected chi connectivity index (χ2v) is 8.20. The summed E-state index contributed by atoms with van der Waals surface area (Å²) < 4.78 is 31.7. The van der Waals surface area contributed by atoms with E-state index in [1.165, 1.54) is 32.4 Å². The number of rotatable bonds is 6. The molecule has 2 saturated heterocycles. The number of nitrogens with zero attached hydrogens (tertiary/aromatic N) is 2. The van der Waals surface area contributed by atoms with E-state index < -0.39 is 18.1 Å². The Morgan fingerprint density at radius 2 is 1.73 bits per heavy atom. The van der Waals surface area contributed by atoms with Gasteiger partial charge in [-0.05, 0) is 62.9 Å². The summed E-state index contributed by atoms with van der Waals surface area (Å²) in [6.45, 7) is 7.07. The van der Waals surface area contributed by atoms with Gasteiger partial charge in [-0.2, -0.15) is 13.2 Å². The lowest BCUT2D eigenvalue weighted by Crippen LogP contribution is -2.41. The molecule has 1 atom stereocenters. The van der Waals surface area contributed by atoms with Crippen molar-refractivity contribution in [3.05, 3.63) is 23.8 Å². The van der Waals surface area contributed by atoms with E-state index in [9.17, 15) is 27.9 Å². The molecular weight excluding hydrogens is 443 g/mol. The van der Waals surface area contributed by atoms with Crippen molar-refractivity contribution in [3.63, 3.8) is 0 Å². The summed E-state index contributed by atoms with van der Waals surface area (Å²) in [5.74, 6) is -3.23. The van der Waals surface area contributed by atoms with Crippen LogP contribution in [-0.4, -0.2) is 71.9 Å². The number of alkyl halides is 3. The molecule has 184 valence electrons. The van der Waals surface area contributed by atoms with Gasteiger partial charge in [-0.25, -0.2) is 9.59 Å². The van der Waals surface area contributed by atoms with E-state index in [-0.39, 0.29) is 11.5 Å². The number of amides is 1. The monoisotopic (exact) mass is 473 g/mol. The SMILES string of the molecule is CCC(=O)Nc1ccc(N2CCCC(CN3CCCC3)C2)c(C(=O)O)c1.O=C(O)C(F)(F)F. The van der Waals surface area contributed by atoms with Gasteiger partial charge < -0.3 is 25.3 Å². The first kappa shape index (κ1) is 26.4. The number of aromatic carboxylic acids is 1. The Kier molecular flexibility index (Phi) is 9.51. The molecule has 2 heterocycles. The van der Waals surface area contributed by atoms with E-state index >= 15 is 0 Å². The molecule has 2 aliphatic heterocycles. The van der Waals surface area contributed by atoms with E-state index in [4.69, 9.17) is 9.90 Å². The fourth-order valence-electron chi connectivity index (χ4n) is 4.07. The van der Waals surface area contributed by atoms with Crippen molar-refractivity contribution in [1.82, 2.24) is 4.90 Å². The third-order valence-electron chi connectivity index (χ3n) is 5.65. The van der Waals surface area contributed by atoms with E-state index in [1.807, 2.05) is 6.07 Å². The minimum atomic E-state index is -5.08. The summed E-state index contributed by atoms with van der Waals surface area (Å²) in [7, 11) is 0. The normalized spacial score (nSPS) is 18.9. The Labute approximate surface area is 190 Å². The molecule has 1 aromatic rings. The van der Waals surface area contributed by atoms with Crippen molar-refractivity contribution in [1.29, 1.82) is 0 Å². The van der Waals surface area contributed by atoms with Gasteiger partial charge >= 0.3 is 18.1 Å². The molecule has 0 saturated carbocycles. The Bertz CT molecular complexity index is 841. The first-order valence-corrected chi connectivity index (χ1v) is 11.0. The quantitative estimate of drug-likeness (QED) is 0.578. The zero-order valence-corrected chi connectivity index (χ0v) is 18.5. The van der Waals surface area contributed by atoms with Crippen LogP contribution in [0.2, 0.25) is 0 Å². The maximum atomic E-state index is 11.8. The van der Waals surface area contributed by atoms with E-state index in [0.29, 0.717) is 18.0 Å². The van der Waals surface area contributed by atoms with Crippen molar-refractivity contribution >= 4 is 29.2 Å². The van der Waals surface area contributed by atoms with E-state index in [1.54, 1.807) is 19.1 Å². The summed E-state index contributed by atoms with van der Waals surface area (Å²) in [6, 6.07) is 5.22. The van der Waals surface area contributed by atoms with Crippen LogP contribution in [0.15, 0.2) is 18.2 Å². The number of carboxylic acid groups (broad SMARTS) is 2. The van der Waals surface area contributed by atoms with Crippen LogP contribution >= 0.6 is 0 Å². The number of carbonyl (C=O) groups excluding carboxylic acids is 1. The highest BCUT2D eigenvalue weighted by atomic mass is 19.4. The predicted octanol–water partition coefficient (Wildman–Crippen LogP) is 3.68. The lowest BCUT2D eigenvalue weighted by atomic mass is 9.96. The molecule has 2 aliphatic rings. The van der Waals surface area contributed by atoms with Crippen LogP contribution in [0.5, 0.6) is 0 Å². The molecule has 33 heavy (non-hydrogen) atoms. The average molecular weight is 473 g/mol. The number of nitrogens with one attached hydrogen (secondary N) is 1. The summed E-state index contributed by atoms with van der Waals surface area (Å²) in [4.78, 5) is 37.0. The third-order valence-corrected chi connectivity index (χ3v) is 5.65. The molecule has 0 aliphatic carbocycles. The Morgan fingerprint density at radius 3 is 2.27 bits per heavy atom. The van der Waals surface area contributed by atoms with E-state index in [2.05, 4.69) is 15.1 Å². The van der Waals surface area contributed by atoms with Crippen molar-refractivity contribution in [3.8, 4) is 0 Å². The number of anilines is 2. The highest BCUT2D eigenvalue weighted by Crippen LogP contribution is 2.29. The van der Waals surface area contributed by atoms with Gasteiger partial charge in [-0.3, -0.25) is 4.79 Å². The molecule has 3 rings (SSSR count).